The molecule has 0 saturated heterocycles. The molecule has 0 unspecified atom stereocenters. The van der Waals surface area contributed by atoms with Crippen molar-refractivity contribution in [2.75, 3.05) is 24.1 Å². The zero-order valence-corrected chi connectivity index (χ0v) is 10.3. The van der Waals surface area contributed by atoms with Gasteiger partial charge in [-0.15, -0.1) is 0 Å². The van der Waals surface area contributed by atoms with Crippen LogP contribution >= 0.6 is 0 Å². The van der Waals surface area contributed by atoms with E-state index >= 15 is 0 Å². The molecule has 1 amide bonds. The zero-order valence-electron chi connectivity index (χ0n) is 10.3. The number of nitrogens with zero attached hydrogens (tertiary/aromatic N) is 1. The number of carbonyl (C=O) groups is 2. The highest BCUT2D eigenvalue weighted by Gasteiger charge is 2.28. The molecule has 19 heavy (non-hydrogen) atoms. The molecule has 0 aliphatic heterocycles. The van der Waals surface area contributed by atoms with Crippen molar-refractivity contribution in [2.45, 2.75) is 12.8 Å². The second kappa shape index (κ2) is 5.55. The lowest BCUT2D eigenvalue weighted by atomic mass is 10.3. The lowest BCUT2D eigenvalue weighted by molar-refractivity contribution is -0.122. The fraction of sp³-hybridized carbons (Fsp3) is 0.417. The summed E-state index contributed by atoms with van der Waals surface area (Å²) in [6, 6.07) is 2.83. The van der Waals surface area contributed by atoms with Crippen molar-refractivity contribution in [3.05, 3.63) is 17.8 Å². The van der Waals surface area contributed by atoms with Crippen molar-refractivity contribution in [2.24, 2.45) is 5.92 Å². The van der Waals surface area contributed by atoms with E-state index in [1.165, 1.54) is 12.1 Å². The number of carbonyl (C=O) groups excluding carboxylic acids is 1. The average Bonchev–Trinajstić information content (AvgIpc) is 3.20. The second-order valence-corrected chi connectivity index (χ2v) is 4.43. The van der Waals surface area contributed by atoms with Gasteiger partial charge in [0.25, 0.3) is 0 Å². The normalized spacial score (nSPS) is 13.9. The Morgan fingerprint density at radius 3 is 2.74 bits per heavy atom. The highest BCUT2D eigenvalue weighted by atomic mass is 16.4. The Balaban J connectivity index is 1.82. The molecule has 0 bridgehead atoms. The fourth-order valence-electron chi connectivity index (χ4n) is 1.59. The summed E-state index contributed by atoms with van der Waals surface area (Å²) in [7, 11) is 0. The van der Waals surface area contributed by atoms with Crippen LogP contribution in [0.3, 0.4) is 0 Å². The molecule has 0 atom stereocenters. The first-order chi connectivity index (χ1) is 9.08. The number of aromatic carboxylic acids is 1. The second-order valence-electron chi connectivity index (χ2n) is 4.43. The Kier molecular flexibility index (Phi) is 3.84. The van der Waals surface area contributed by atoms with E-state index in [0.717, 1.165) is 12.8 Å². The number of hydrogen-bond acceptors (Lipinski definition) is 5. The zero-order chi connectivity index (χ0) is 13.8. The lowest BCUT2D eigenvalue weighted by Crippen LogP contribution is -2.30. The lowest BCUT2D eigenvalue weighted by Gasteiger charge is -2.09. The highest BCUT2D eigenvalue weighted by Crippen LogP contribution is 2.28. The number of nitrogen functional groups attached to an aromatic ring is 1. The summed E-state index contributed by atoms with van der Waals surface area (Å²) in [4.78, 5) is 26.0. The van der Waals surface area contributed by atoms with Gasteiger partial charge in [-0.1, -0.05) is 0 Å². The standard InChI is InChI=1S/C12H16N4O3/c13-8-3-4-9(12(18)19)16-10(8)14-5-6-15-11(17)7-1-2-7/h3-4,7H,1-2,5-6,13H2,(H,14,16)(H,15,17)(H,18,19). The molecule has 0 radical (unpaired) electrons. The third-order valence-electron chi connectivity index (χ3n) is 2.81. The number of pyridine rings is 1. The number of aromatic nitrogens is 1. The largest absolute Gasteiger partial charge is 0.477 e. The Hall–Kier alpha value is -2.31. The smallest absolute Gasteiger partial charge is 0.354 e. The van der Waals surface area contributed by atoms with Gasteiger partial charge in [-0.2, -0.15) is 0 Å². The van der Waals surface area contributed by atoms with Gasteiger partial charge in [0.05, 0.1) is 5.69 Å². The average molecular weight is 264 g/mol. The topological polar surface area (TPSA) is 117 Å². The highest BCUT2D eigenvalue weighted by molar-refractivity contribution is 5.86. The summed E-state index contributed by atoms with van der Waals surface area (Å²) >= 11 is 0. The molecule has 5 N–H and O–H groups in total. The minimum atomic E-state index is -1.11. The van der Waals surface area contributed by atoms with Crippen LogP contribution in [0.2, 0.25) is 0 Å². The van der Waals surface area contributed by atoms with Crippen molar-refractivity contribution < 1.29 is 14.7 Å². The van der Waals surface area contributed by atoms with Crippen LogP contribution in [0.5, 0.6) is 0 Å². The van der Waals surface area contributed by atoms with Crippen molar-refractivity contribution >= 4 is 23.4 Å². The predicted molar refractivity (Wildman–Crippen MR) is 69.8 cm³/mol. The van der Waals surface area contributed by atoms with Gasteiger partial charge in [0.15, 0.2) is 5.69 Å². The van der Waals surface area contributed by atoms with E-state index in [4.69, 9.17) is 10.8 Å². The number of nitrogens with two attached hydrogens (primary N) is 1. The Labute approximate surface area is 110 Å². The van der Waals surface area contributed by atoms with Crippen LogP contribution in [0.25, 0.3) is 0 Å². The molecular weight excluding hydrogens is 248 g/mol. The molecule has 102 valence electrons. The number of carboxylic acid groups (broad SMARTS) is 1. The van der Waals surface area contributed by atoms with E-state index < -0.39 is 5.97 Å². The van der Waals surface area contributed by atoms with Gasteiger partial charge in [0.1, 0.15) is 5.82 Å². The summed E-state index contributed by atoms with van der Waals surface area (Å²) in [6.07, 6.45) is 1.93. The first kappa shape index (κ1) is 13.1. The van der Waals surface area contributed by atoms with Gasteiger partial charge in [0.2, 0.25) is 5.91 Å². The summed E-state index contributed by atoms with van der Waals surface area (Å²) in [5.74, 6) is -0.536. The molecule has 1 fully saturated rings. The van der Waals surface area contributed by atoms with Gasteiger partial charge in [-0.3, -0.25) is 4.79 Å². The molecule has 7 nitrogen and oxygen atoms in total. The molecule has 1 aromatic heterocycles. The van der Waals surface area contributed by atoms with Crippen molar-refractivity contribution in [3.63, 3.8) is 0 Å². The van der Waals surface area contributed by atoms with E-state index in [1.807, 2.05) is 0 Å². The summed E-state index contributed by atoms with van der Waals surface area (Å²) in [5.41, 5.74) is 5.99. The maximum atomic E-state index is 11.4. The van der Waals surface area contributed by atoms with E-state index in [0.29, 0.717) is 24.6 Å². The fourth-order valence-corrected chi connectivity index (χ4v) is 1.59. The van der Waals surface area contributed by atoms with Crippen LogP contribution in [-0.2, 0) is 4.79 Å². The van der Waals surface area contributed by atoms with Gasteiger partial charge in [0, 0.05) is 19.0 Å². The van der Waals surface area contributed by atoms with Crippen LogP contribution in [0.15, 0.2) is 12.1 Å². The maximum absolute atomic E-state index is 11.4. The van der Waals surface area contributed by atoms with Crippen molar-refractivity contribution in [1.29, 1.82) is 0 Å². The van der Waals surface area contributed by atoms with Gasteiger partial charge >= 0.3 is 5.97 Å². The SMILES string of the molecule is Nc1ccc(C(=O)O)nc1NCCNC(=O)C1CC1. The van der Waals surface area contributed by atoms with E-state index in [1.54, 1.807) is 0 Å². The molecule has 2 rings (SSSR count). The molecular formula is C12H16N4O3. The summed E-state index contributed by atoms with van der Waals surface area (Å²) in [5, 5.41) is 14.5. The molecule has 1 saturated carbocycles. The van der Waals surface area contributed by atoms with Crippen LogP contribution in [-0.4, -0.2) is 35.1 Å². The number of anilines is 2. The van der Waals surface area contributed by atoms with E-state index in [-0.39, 0.29) is 17.5 Å². The monoisotopic (exact) mass is 264 g/mol. The van der Waals surface area contributed by atoms with E-state index in [2.05, 4.69) is 15.6 Å². The van der Waals surface area contributed by atoms with Crippen LogP contribution in [0, 0.1) is 5.92 Å². The number of hydrogen-bond donors (Lipinski definition) is 4. The first-order valence-corrected chi connectivity index (χ1v) is 6.09. The van der Waals surface area contributed by atoms with Crippen LogP contribution < -0.4 is 16.4 Å². The molecule has 1 heterocycles. The van der Waals surface area contributed by atoms with Crippen LogP contribution in [0.4, 0.5) is 11.5 Å². The number of carboxylic acids is 1. The Bertz CT molecular complexity index is 500. The van der Waals surface area contributed by atoms with Gasteiger partial charge < -0.3 is 21.5 Å². The Morgan fingerprint density at radius 1 is 1.37 bits per heavy atom. The van der Waals surface area contributed by atoms with E-state index in [9.17, 15) is 9.59 Å². The molecule has 0 aromatic carbocycles. The number of nitrogens with one attached hydrogen (secondary N) is 2. The molecule has 7 heteroatoms. The van der Waals surface area contributed by atoms with Crippen LogP contribution in [0.1, 0.15) is 23.3 Å². The Morgan fingerprint density at radius 2 is 2.11 bits per heavy atom. The third-order valence-corrected chi connectivity index (χ3v) is 2.81. The summed E-state index contributed by atoms with van der Waals surface area (Å²) < 4.78 is 0. The third kappa shape index (κ3) is 3.57. The van der Waals surface area contributed by atoms with Gasteiger partial charge in [-0.25, -0.2) is 9.78 Å². The quantitative estimate of drug-likeness (QED) is 0.549. The minimum absolute atomic E-state index is 0.0706. The number of amides is 1. The van der Waals surface area contributed by atoms with Gasteiger partial charge in [-0.05, 0) is 25.0 Å². The molecule has 1 aliphatic carbocycles. The minimum Gasteiger partial charge on any atom is -0.477 e. The van der Waals surface area contributed by atoms with Crippen molar-refractivity contribution in [1.82, 2.24) is 10.3 Å². The number of rotatable bonds is 6. The summed E-state index contributed by atoms with van der Waals surface area (Å²) in [6.45, 7) is 0.895. The maximum Gasteiger partial charge on any atom is 0.354 e. The molecule has 1 aromatic rings. The first-order valence-electron chi connectivity index (χ1n) is 6.09. The van der Waals surface area contributed by atoms with Crippen molar-refractivity contribution in [3.8, 4) is 0 Å². The predicted octanol–water partition coefficient (Wildman–Crippen LogP) is 0.300. The molecule has 1 aliphatic rings. The molecule has 0 spiro atoms.